The van der Waals surface area contributed by atoms with Gasteiger partial charge in [0, 0.05) is 18.5 Å². The molecule has 0 aliphatic heterocycles. The van der Waals surface area contributed by atoms with Gasteiger partial charge in [-0.1, -0.05) is 86.6 Å². The predicted molar refractivity (Wildman–Crippen MR) is 131 cm³/mol. The van der Waals surface area contributed by atoms with Crippen LogP contribution in [0.2, 0.25) is 0 Å². The summed E-state index contributed by atoms with van der Waals surface area (Å²) in [5, 5.41) is 14.0. The van der Waals surface area contributed by atoms with Gasteiger partial charge in [0.25, 0.3) is 0 Å². The molecular formula is C28H27N3O3. The maximum atomic E-state index is 12.9. The van der Waals surface area contributed by atoms with Gasteiger partial charge in [-0.25, -0.2) is 14.5 Å². The van der Waals surface area contributed by atoms with Crippen LogP contribution in [0.1, 0.15) is 58.2 Å². The maximum absolute atomic E-state index is 12.9. The van der Waals surface area contributed by atoms with Gasteiger partial charge in [0.1, 0.15) is 5.82 Å². The number of aromatic nitrogens is 3. The largest absolute Gasteiger partial charge is 0.478 e. The second kappa shape index (κ2) is 10.3. The van der Waals surface area contributed by atoms with Gasteiger partial charge in [-0.15, -0.1) is 5.10 Å². The van der Waals surface area contributed by atoms with Gasteiger partial charge in [-0.05, 0) is 35.1 Å². The van der Waals surface area contributed by atoms with E-state index in [1.807, 2.05) is 59.3 Å². The molecule has 1 N–H and O–H groups in total. The van der Waals surface area contributed by atoms with E-state index in [1.54, 1.807) is 24.3 Å². The Bertz CT molecular complexity index is 1290. The number of aryl methyl sites for hydroxylation is 1. The topological polar surface area (TPSA) is 85.1 Å². The van der Waals surface area contributed by atoms with Crippen molar-refractivity contribution in [1.29, 1.82) is 0 Å². The summed E-state index contributed by atoms with van der Waals surface area (Å²) in [6.07, 6.45) is 1.45. The fourth-order valence-electron chi connectivity index (χ4n) is 3.79. The van der Waals surface area contributed by atoms with Crippen LogP contribution >= 0.6 is 0 Å². The zero-order valence-electron chi connectivity index (χ0n) is 19.3. The summed E-state index contributed by atoms with van der Waals surface area (Å²) in [5.74, 6) is 0.300. The van der Waals surface area contributed by atoms with Crippen LogP contribution in [0.15, 0.2) is 78.9 Å². The van der Waals surface area contributed by atoms with Gasteiger partial charge >= 0.3 is 5.97 Å². The lowest BCUT2D eigenvalue weighted by molar-refractivity contribution is 0.0697. The van der Waals surface area contributed by atoms with Gasteiger partial charge in [0.15, 0.2) is 0 Å². The molecule has 4 rings (SSSR count). The number of ketones is 1. The Morgan fingerprint density at radius 2 is 1.59 bits per heavy atom. The smallest absolute Gasteiger partial charge is 0.336 e. The second-order valence-electron chi connectivity index (χ2n) is 8.68. The van der Waals surface area contributed by atoms with E-state index in [2.05, 4.69) is 23.9 Å². The van der Waals surface area contributed by atoms with Crippen LogP contribution in [0.3, 0.4) is 0 Å². The Kier molecular flexibility index (Phi) is 6.97. The number of carboxylic acids is 1. The van der Waals surface area contributed by atoms with E-state index < -0.39 is 5.97 Å². The van der Waals surface area contributed by atoms with E-state index >= 15 is 0 Å². The molecule has 0 amide bonds. The van der Waals surface area contributed by atoms with Crippen LogP contribution in [0.25, 0.3) is 11.1 Å². The van der Waals surface area contributed by atoms with Crippen LogP contribution in [0, 0.1) is 5.92 Å². The minimum atomic E-state index is -0.950. The Balaban J connectivity index is 1.60. The van der Waals surface area contributed by atoms with E-state index in [0.29, 0.717) is 30.0 Å². The van der Waals surface area contributed by atoms with E-state index in [0.717, 1.165) is 23.4 Å². The highest BCUT2D eigenvalue weighted by atomic mass is 16.4. The highest BCUT2D eigenvalue weighted by molar-refractivity contribution is 6.06. The van der Waals surface area contributed by atoms with Crippen molar-refractivity contribution < 1.29 is 14.7 Å². The van der Waals surface area contributed by atoms with Crippen LogP contribution in [-0.4, -0.2) is 31.6 Å². The first-order valence-corrected chi connectivity index (χ1v) is 11.4. The highest BCUT2D eigenvalue weighted by Crippen LogP contribution is 2.25. The Morgan fingerprint density at radius 3 is 2.26 bits per heavy atom. The van der Waals surface area contributed by atoms with Crippen LogP contribution in [0.4, 0.5) is 0 Å². The molecule has 1 heterocycles. The minimum Gasteiger partial charge on any atom is -0.478 e. The molecule has 6 heteroatoms. The highest BCUT2D eigenvalue weighted by Gasteiger charge is 2.19. The summed E-state index contributed by atoms with van der Waals surface area (Å²) in [7, 11) is 0. The van der Waals surface area contributed by atoms with Crippen LogP contribution < -0.4 is 0 Å². The van der Waals surface area contributed by atoms with Crippen molar-refractivity contribution in [3.8, 4) is 11.1 Å². The number of rotatable bonds is 9. The first-order chi connectivity index (χ1) is 16.4. The lowest BCUT2D eigenvalue weighted by Gasteiger charge is -2.09. The molecule has 0 fully saturated rings. The van der Waals surface area contributed by atoms with Crippen molar-refractivity contribution in [2.75, 3.05) is 0 Å². The third-order valence-electron chi connectivity index (χ3n) is 5.69. The molecule has 0 saturated heterocycles. The van der Waals surface area contributed by atoms with Crippen molar-refractivity contribution in [2.24, 2.45) is 5.92 Å². The van der Waals surface area contributed by atoms with E-state index in [-0.39, 0.29) is 17.2 Å². The Morgan fingerprint density at radius 1 is 0.912 bits per heavy atom. The fourth-order valence-corrected chi connectivity index (χ4v) is 3.79. The van der Waals surface area contributed by atoms with Crippen molar-refractivity contribution >= 4 is 11.8 Å². The van der Waals surface area contributed by atoms with Crippen LogP contribution in [-0.2, 0) is 13.0 Å². The number of hydrogen-bond acceptors (Lipinski definition) is 4. The summed E-state index contributed by atoms with van der Waals surface area (Å²) in [5.41, 5.74) is 3.36. The van der Waals surface area contributed by atoms with E-state index in [9.17, 15) is 14.7 Å². The number of benzene rings is 3. The molecule has 3 aromatic carbocycles. The molecular weight excluding hydrogens is 426 g/mol. The average molecular weight is 454 g/mol. The third kappa shape index (κ3) is 5.29. The summed E-state index contributed by atoms with van der Waals surface area (Å²) in [6.45, 7) is 4.99. The van der Waals surface area contributed by atoms with Crippen LogP contribution in [0.5, 0.6) is 0 Å². The predicted octanol–water partition coefficient (Wildman–Crippen LogP) is 5.51. The number of aromatic carboxylic acids is 1. The monoisotopic (exact) mass is 453 g/mol. The zero-order valence-corrected chi connectivity index (χ0v) is 19.3. The maximum Gasteiger partial charge on any atom is 0.336 e. The minimum absolute atomic E-state index is 0.189. The molecule has 0 saturated carbocycles. The molecule has 0 radical (unpaired) electrons. The third-order valence-corrected chi connectivity index (χ3v) is 5.69. The molecule has 4 aromatic rings. The van der Waals surface area contributed by atoms with Crippen molar-refractivity contribution in [3.05, 3.63) is 107 Å². The van der Waals surface area contributed by atoms with Crippen molar-refractivity contribution in [3.63, 3.8) is 0 Å². The van der Waals surface area contributed by atoms with Gasteiger partial charge in [0.05, 0.1) is 5.56 Å². The normalized spacial score (nSPS) is 11.0. The average Bonchev–Trinajstić information content (AvgIpc) is 3.25. The first kappa shape index (κ1) is 23.1. The van der Waals surface area contributed by atoms with Gasteiger partial charge in [0.2, 0.25) is 11.6 Å². The zero-order chi connectivity index (χ0) is 24.1. The summed E-state index contributed by atoms with van der Waals surface area (Å²) in [4.78, 5) is 29.1. The number of nitrogens with zero attached hydrogens (tertiary/aromatic N) is 3. The summed E-state index contributed by atoms with van der Waals surface area (Å²) in [6, 6.07) is 23.8. The fraction of sp³-hybridized carbons (Fsp3) is 0.214. The summed E-state index contributed by atoms with van der Waals surface area (Å²) < 4.78 is 1.84. The molecule has 172 valence electrons. The first-order valence-electron chi connectivity index (χ1n) is 11.4. The molecule has 6 nitrogen and oxygen atoms in total. The molecule has 34 heavy (non-hydrogen) atoms. The lowest BCUT2D eigenvalue weighted by atomic mass is 9.98. The molecule has 0 unspecified atom stereocenters. The second-order valence-corrected chi connectivity index (χ2v) is 8.68. The Hall–Kier alpha value is -4.06. The quantitative estimate of drug-likeness (QED) is 0.338. The number of hydrogen-bond donors (Lipinski definition) is 1. The van der Waals surface area contributed by atoms with Gasteiger partial charge in [-0.3, -0.25) is 4.79 Å². The molecule has 0 aliphatic rings. The van der Waals surface area contributed by atoms with Gasteiger partial charge in [-0.2, -0.15) is 0 Å². The van der Waals surface area contributed by atoms with Crippen molar-refractivity contribution in [2.45, 2.75) is 33.2 Å². The Labute approximate surface area is 198 Å². The van der Waals surface area contributed by atoms with Gasteiger partial charge < -0.3 is 5.11 Å². The number of carbonyl (C=O) groups excluding carboxylic acids is 1. The van der Waals surface area contributed by atoms with Crippen molar-refractivity contribution in [1.82, 2.24) is 14.8 Å². The molecule has 0 aliphatic carbocycles. The molecule has 0 atom stereocenters. The molecule has 0 spiro atoms. The standard InChI is InChI=1S/C28H27N3O3/c1-19(2)16-17-31-25(29-27(30-31)26(32)22-8-4-3-5-9-22)18-20-12-14-21(15-13-20)23-10-6-7-11-24(23)28(33)34/h3-15,19H,16-18H2,1-2H3,(H,33,34). The molecule has 0 bridgehead atoms. The lowest BCUT2D eigenvalue weighted by Crippen LogP contribution is -2.09. The SMILES string of the molecule is CC(C)CCn1nc(C(=O)c2ccccc2)nc1Cc1ccc(-c2ccccc2C(=O)O)cc1. The number of carbonyl (C=O) groups is 2. The number of carboxylic acid groups (broad SMARTS) is 1. The van der Waals surface area contributed by atoms with E-state index in [1.165, 1.54) is 0 Å². The molecule has 1 aromatic heterocycles. The summed E-state index contributed by atoms with van der Waals surface area (Å²) >= 11 is 0. The van der Waals surface area contributed by atoms with E-state index in [4.69, 9.17) is 0 Å².